The van der Waals surface area contributed by atoms with E-state index in [2.05, 4.69) is 11.0 Å². The number of amides is 1. The molecule has 0 spiro atoms. The zero-order valence-electron chi connectivity index (χ0n) is 12.7. The first kappa shape index (κ1) is 15.3. The molecule has 112 valence electrons. The van der Waals surface area contributed by atoms with E-state index < -0.39 is 0 Å². The van der Waals surface area contributed by atoms with Gasteiger partial charge in [0.2, 0.25) is 5.91 Å². The first-order valence-corrected chi connectivity index (χ1v) is 8.08. The molecule has 1 aliphatic heterocycles. The van der Waals surface area contributed by atoms with Crippen LogP contribution in [0.25, 0.3) is 0 Å². The Labute approximate surface area is 122 Å². The number of piperidine rings is 1. The first-order valence-electron chi connectivity index (χ1n) is 8.08. The van der Waals surface area contributed by atoms with Crippen LogP contribution < -0.4 is 0 Å². The van der Waals surface area contributed by atoms with Crippen molar-refractivity contribution in [1.82, 2.24) is 9.80 Å². The van der Waals surface area contributed by atoms with Crippen molar-refractivity contribution in [2.75, 3.05) is 26.7 Å². The summed E-state index contributed by atoms with van der Waals surface area (Å²) >= 11 is 0. The average molecular weight is 277 g/mol. The Morgan fingerprint density at radius 2 is 1.85 bits per heavy atom. The Morgan fingerprint density at radius 1 is 1.20 bits per heavy atom. The van der Waals surface area contributed by atoms with Crippen LogP contribution in [0.15, 0.2) is 0 Å². The highest BCUT2D eigenvalue weighted by Gasteiger charge is 2.30. The summed E-state index contributed by atoms with van der Waals surface area (Å²) in [4.78, 5) is 16.9. The summed E-state index contributed by atoms with van der Waals surface area (Å²) in [5.74, 6) is 0.567. The van der Waals surface area contributed by atoms with Gasteiger partial charge in [0.1, 0.15) is 0 Å². The van der Waals surface area contributed by atoms with Crippen LogP contribution >= 0.6 is 0 Å². The Bertz CT molecular complexity index is 349. The molecule has 2 fully saturated rings. The molecular formula is C16H27N3O. The molecule has 1 amide bonds. The predicted octanol–water partition coefficient (Wildman–Crippen LogP) is 2.40. The van der Waals surface area contributed by atoms with Gasteiger partial charge in [0.15, 0.2) is 0 Å². The predicted molar refractivity (Wildman–Crippen MR) is 79.0 cm³/mol. The molecule has 0 aromatic heterocycles. The summed E-state index contributed by atoms with van der Waals surface area (Å²) in [6.45, 7) is 2.79. The van der Waals surface area contributed by atoms with Crippen molar-refractivity contribution in [1.29, 1.82) is 5.26 Å². The van der Waals surface area contributed by atoms with Gasteiger partial charge >= 0.3 is 0 Å². The molecule has 0 bridgehead atoms. The molecule has 20 heavy (non-hydrogen) atoms. The van der Waals surface area contributed by atoms with E-state index in [1.54, 1.807) is 0 Å². The van der Waals surface area contributed by atoms with Crippen LogP contribution in [0.5, 0.6) is 0 Å². The minimum absolute atomic E-state index is 0.209. The van der Waals surface area contributed by atoms with Crippen LogP contribution in [-0.4, -0.2) is 48.4 Å². The standard InChI is InChI=1S/C16H27N3O/c1-18(15-6-3-2-4-7-15)16(20)14-8-12-19(13-9-14)11-5-10-17/h14-15H,2-9,11-13H2,1H3. The van der Waals surface area contributed by atoms with Crippen molar-refractivity contribution >= 4 is 5.91 Å². The molecule has 0 unspecified atom stereocenters. The number of nitrogens with zero attached hydrogens (tertiary/aromatic N) is 3. The molecule has 4 heteroatoms. The van der Waals surface area contributed by atoms with Gasteiger partial charge in [-0.1, -0.05) is 19.3 Å². The fourth-order valence-electron chi connectivity index (χ4n) is 3.55. The van der Waals surface area contributed by atoms with E-state index in [0.717, 1.165) is 32.5 Å². The Balaban J connectivity index is 1.77. The molecular weight excluding hydrogens is 250 g/mol. The smallest absolute Gasteiger partial charge is 0.225 e. The maximum Gasteiger partial charge on any atom is 0.225 e. The monoisotopic (exact) mass is 277 g/mol. The van der Waals surface area contributed by atoms with E-state index in [1.165, 1.54) is 32.1 Å². The van der Waals surface area contributed by atoms with E-state index >= 15 is 0 Å². The molecule has 2 rings (SSSR count). The van der Waals surface area contributed by atoms with Gasteiger partial charge in [-0.3, -0.25) is 4.79 Å². The van der Waals surface area contributed by atoms with E-state index in [9.17, 15) is 4.79 Å². The third-order valence-corrected chi connectivity index (χ3v) is 4.95. The summed E-state index contributed by atoms with van der Waals surface area (Å²) in [5, 5.41) is 8.62. The molecule has 2 aliphatic rings. The molecule has 1 saturated heterocycles. The van der Waals surface area contributed by atoms with Crippen molar-refractivity contribution in [2.45, 2.75) is 57.4 Å². The van der Waals surface area contributed by atoms with E-state index in [0.29, 0.717) is 18.4 Å². The molecule has 0 atom stereocenters. The molecule has 0 aromatic rings. The number of hydrogen-bond acceptors (Lipinski definition) is 3. The fraction of sp³-hybridized carbons (Fsp3) is 0.875. The second-order valence-electron chi connectivity index (χ2n) is 6.27. The number of carbonyl (C=O) groups excluding carboxylic acids is 1. The zero-order valence-corrected chi connectivity index (χ0v) is 12.7. The Morgan fingerprint density at radius 3 is 2.45 bits per heavy atom. The highest BCUT2D eigenvalue weighted by Crippen LogP contribution is 2.25. The maximum atomic E-state index is 12.6. The van der Waals surface area contributed by atoms with Crippen LogP contribution in [0.1, 0.15) is 51.4 Å². The fourth-order valence-corrected chi connectivity index (χ4v) is 3.55. The van der Waals surface area contributed by atoms with Gasteiger partial charge in [0, 0.05) is 32.0 Å². The summed E-state index contributed by atoms with van der Waals surface area (Å²) in [7, 11) is 2.00. The summed E-state index contributed by atoms with van der Waals surface area (Å²) in [6, 6.07) is 2.67. The van der Waals surface area contributed by atoms with Gasteiger partial charge in [-0.2, -0.15) is 5.26 Å². The van der Waals surface area contributed by atoms with Crippen molar-refractivity contribution in [3.8, 4) is 6.07 Å². The van der Waals surface area contributed by atoms with Crippen LogP contribution in [0.2, 0.25) is 0 Å². The average Bonchev–Trinajstić information content (AvgIpc) is 2.53. The molecule has 1 saturated carbocycles. The SMILES string of the molecule is CN(C(=O)C1CCN(CCC#N)CC1)C1CCCCC1. The highest BCUT2D eigenvalue weighted by atomic mass is 16.2. The molecule has 0 N–H and O–H groups in total. The number of rotatable bonds is 4. The van der Waals surface area contributed by atoms with Gasteiger partial charge in [-0.15, -0.1) is 0 Å². The lowest BCUT2D eigenvalue weighted by molar-refractivity contribution is -0.138. The zero-order chi connectivity index (χ0) is 14.4. The van der Waals surface area contributed by atoms with Gasteiger partial charge in [0.25, 0.3) is 0 Å². The van der Waals surface area contributed by atoms with Gasteiger partial charge in [-0.05, 0) is 38.8 Å². The summed E-state index contributed by atoms with van der Waals surface area (Å²) < 4.78 is 0. The number of nitriles is 1. The lowest BCUT2D eigenvalue weighted by atomic mass is 9.91. The van der Waals surface area contributed by atoms with E-state index in [-0.39, 0.29) is 5.92 Å². The topological polar surface area (TPSA) is 47.3 Å². The van der Waals surface area contributed by atoms with Gasteiger partial charge in [-0.25, -0.2) is 0 Å². The second-order valence-corrected chi connectivity index (χ2v) is 6.27. The Hall–Kier alpha value is -1.08. The van der Waals surface area contributed by atoms with Crippen LogP contribution in [0, 0.1) is 17.2 Å². The van der Waals surface area contributed by atoms with Gasteiger partial charge < -0.3 is 9.80 Å². The minimum atomic E-state index is 0.209. The van der Waals surface area contributed by atoms with Crippen LogP contribution in [0.3, 0.4) is 0 Å². The molecule has 0 aromatic carbocycles. The van der Waals surface area contributed by atoms with Gasteiger partial charge in [0.05, 0.1) is 6.07 Å². The molecule has 1 aliphatic carbocycles. The third kappa shape index (κ3) is 3.96. The largest absolute Gasteiger partial charge is 0.343 e. The Kier molecular flexibility index (Phi) is 5.85. The minimum Gasteiger partial charge on any atom is -0.343 e. The third-order valence-electron chi connectivity index (χ3n) is 4.95. The molecule has 0 radical (unpaired) electrons. The normalized spacial score (nSPS) is 22.4. The number of carbonyl (C=O) groups is 1. The molecule has 4 nitrogen and oxygen atoms in total. The first-order chi connectivity index (χ1) is 9.72. The quantitative estimate of drug-likeness (QED) is 0.793. The summed E-state index contributed by atoms with van der Waals surface area (Å²) in [5.41, 5.74) is 0. The molecule has 1 heterocycles. The van der Waals surface area contributed by atoms with Crippen molar-refractivity contribution in [2.24, 2.45) is 5.92 Å². The van der Waals surface area contributed by atoms with E-state index in [4.69, 9.17) is 5.26 Å². The van der Waals surface area contributed by atoms with Crippen LogP contribution in [0.4, 0.5) is 0 Å². The lowest BCUT2D eigenvalue weighted by Crippen LogP contribution is -2.45. The summed E-state index contributed by atoms with van der Waals surface area (Å²) in [6.07, 6.45) is 8.76. The number of hydrogen-bond donors (Lipinski definition) is 0. The number of likely N-dealkylation sites (tertiary alicyclic amines) is 1. The lowest BCUT2D eigenvalue weighted by Gasteiger charge is -2.37. The second kappa shape index (κ2) is 7.64. The van der Waals surface area contributed by atoms with Crippen molar-refractivity contribution < 1.29 is 4.79 Å². The van der Waals surface area contributed by atoms with Crippen molar-refractivity contribution in [3.05, 3.63) is 0 Å². The van der Waals surface area contributed by atoms with Crippen molar-refractivity contribution in [3.63, 3.8) is 0 Å². The highest BCUT2D eigenvalue weighted by molar-refractivity contribution is 5.79. The maximum absolute atomic E-state index is 12.6. The van der Waals surface area contributed by atoms with E-state index in [1.807, 2.05) is 11.9 Å². The van der Waals surface area contributed by atoms with Crippen LogP contribution in [-0.2, 0) is 4.79 Å².